The highest BCUT2D eigenvalue weighted by Gasteiger charge is 2.44. The Bertz CT molecular complexity index is 1400. The molecule has 0 bridgehead atoms. The van der Waals surface area contributed by atoms with Crippen LogP contribution in [0.5, 0.6) is 0 Å². The third kappa shape index (κ3) is 5.93. The van der Waals surface area contributed by atoms with Crippen LogP contribution in [-0.2, 0) is 27.3 Å². The number of sulfonamides is 1. The maximum atomic E-state index is 14.2. The normalized spacial score (nSPS) is 18.6. The van der Waals surface area contributed by atoms with Crippen molar-refractivity contribution in [2.75, 3.05) is 6.54 Å². The van der Waals surface area contributed by atoms with Gasteiger partial charge in [0.25, 0.3) is 0 Å². The summed E-state index contributed by atoms with van der Waals surface area (Å²) >= 11 is 0. The van der Waals surface area contributed by atoms with E-state index in [2.05, 4.69) is 20.3 Å². The van der Waals surface area contributed by atoms with Crippen LogP contribution < -0.4 is 5.32 Å². The lowest BCUT2D eigenvalue weighted by atomic mass is 10.1. The van der Waals surface area contributed by atoms with Crippen molar-refractivity contribution >= 4 is 15.9 Å². The largest absolute Gasteiger partial charge is 0.349 e. The van der Waals surface area contributed by atoms with Crippen molar-refractivity contribution in [3.8, 4) is 11.1 Å². The van der Waals surface area contributed by atoms with Crippen LogP contribution >= 0.6 is 0 Å². The van der Waals surface area contributed by atoms with Gasteiger partial charge >= 0.3 is 5.92 Å². The van der Waals surface area contributed by atoms with Gasteiger partial charge in [0, 0.05) is 43.5 Å². The molecule has 0 aliphatic carbocycles. The standard InChI is InChI=1S/C24H23F4N5O3S/c1-14-7-15(16-10-30-23(31-11-16)24(2,27)28)8-19(32-14)12-29-22(34)21-9-18(26)13-33(21)37(35,36)20-5-3-17(25)4-6-20/h3-8,10-11,18,21H,9,12-13H2,1-2H3,(H,29,34)/t18-,21+/m1/s1. The van der Waals surface area contributed by atoms with E-state index >= 15 is 0 Å². The van der Waals surface area contributed by atoms with E-state index in [9.17, 15) is 30.8 Å². The van der Waals surface area contributed by atoms with Gasteiger partial charge in [-0.2, -0.15) is 13.1 Å². The summed E-state index contributed by atoms with van der Waals surface area (Å²) in [5.74, 6) is -5.14. The van der Waals surface area contributed by atoms with Crippen molar-refractivity contribution in [3.63, 3.8) is 0 Å². The number of aryl methyl sites for hydroxylation is 1. The van der Waals surface area contributed by atoms with Crippen LogP contribution in [0, 0.1) is 12.7 Å². The number of halogens is 4. The summed E-state index contributed by atoms with van der Waals surface area (Å²) in [7, 11) is -4.25. The quantitative estimate of drug-likeness (QED) is 0.463. The van der Waals surface area contributed by atoms with Gasteiger partial charge in [-0.25, -0.2) is 27.2 Å². The maximum Gasteiger partial charge on any atom is 0.303 e. The fourth-order valence-corrected chi connectivity index (χ4v) is 5.62. The SMILES string of the molecule is Cc1cc(-c2cnc(C(C)(F)F)nc2)cc(CNC(=O)[C@@H]2C[C@@H](F)CN2S(=O)(=O)c2ccc(F)cc2)n1. The molecule has 0 saturated carbocycles. The summed E-state index contributed by atoms with van der Waals surface area (Å²) in [6.07, 6.45) is 0.641. The van der Waals surface area contributed by atoms with Crippen molar-refractivity contribution in [1.82, 2.24) is 24.6 Å². The second-order valence-electron chi connectivity index (χ2n) is 8.77. The van der Waals surface area contributed by atoms with Gasteiger partial charge < -0.3 is 5.32 Å². The number of aromatic nitrogens is 3. The van der Waals surface area contributed by atoms with E-state index in [-0.39, 0.29) is 17.9 Å². The summed E-state index contributed by atoms with van der Waals surface area (Å²) in [6.45, 7) is 1.79. The van der Waals surface area contributed by atoms with E-state index in [0.29, 0.717) is 29.4 Å². The fourth-order valence-electron chi connectivity index (χ4n) is 4.00. The Hall–Kier alpha value is -3.45. The van der Waals surface area contributed by atoms with Gasteiger partial charge in [0.1, 0.15) is 18.0 Å². The van der Waals surface area contributed by atoms with Crippen LogP contribution in [0.4, 0.5) is 17.6 Å². The van der Waals surface area contributed by atoms with Gasteiger partial charge in [0.2, 0.25) is 15.9 Å². The van der Waals surface area contributed by atoms with E-state index in [1.807, 2.05) is 0 Å². The second-order valence-corrected chi connectivity index (χ2v) is 10.7. The number of pyridine rings is 1. The highest BCUT2D eigenvalue weighted by molar-refractivity contribution is 7.89. The number of hydrogen-bond acceptors (Lipinski definition) is 6. The number of carbonyl (C=O) groups excluding carboxylic acids is 1. The van der Waals surface area contributed by atoms with Crippen LogP contribution in [-0.4, -0.2) is 52.3 Å². The molecule has 8 nitrogen and oxygen atoms in total. The molecule has 1 fully saturated rings. The van der Waals surface area contributed by atoms with E-state index < -0.39 is 52.3 Å². The number of rotatable bonds is 7. The lowest BCUT2D eigenvalue weighted by Gasteiger charge is -2.23. The minimum atomic E-state index is -4.25. The van der Waals surface area contributed by atoms with Crippen LogP contribution in [0.25, 0.3) is 11.1 Å². The average molecular weight is 538 g/mol. The summed E-state index contributed by atoms with van der Waals surface area (Å²) in [5, 5.41) is 2.59. The Morgan fingerprint density at radius 2 is 1.78 bits per heavy atom. The molecule has 3 heterocycles. The molecule has 1 saturated heterocycles. The molecule has 3 aromatic rings. The Kier molecular flexibility index (Phi) is 7.29. The van der Waals surface area contributed by atoms with Crippen molar-refractivity contribution in [2.24, 2.45) is 0 Å². The number of benzene rings is 1. The van der Waals surface area contributed by atoms with Crippen molar-refractivity contribution in [1.29, 1.82) is 0 Å². The first-order chi connectivity index (χ1) is 17.3. The number of nitrogens with one attached hydrogen (secondary N) is 1. The Morgan fingerprint density at radius 1 is 1.14 bits per heavy atom. The molecule has 2 aromatic heterocycles. The van der Waals surface area contributed by atoms with Gasteiger partial charge in [-0.1, -0.05) is 0 Å². The first kappa shape index (κ1) is 26.6. The minimum absolute atomic E-state index is 0.0998. The maximum absolute atomic E-state index is 14.2. The smallest absolute Gasteiger partial charge is 0.303 e. The van der Waals surface area contributed by atoms with Crippen molar-refractivity contribution in [2.45, 2.75) is 49.8 Å². The van der Waals surface area contributed by atoms with Crippen LogP contribution in [0.3, 0.4) is 0 Å². The number of hydrogen-bond donors (Lipinski definition) is 1. The van der Waals surface area contributed by atoms with E-state index in [1.54, 1.807) is 19.1 Å². The molecule has 4 rings (SSSR count). The van der Waals surface area contributed by atoms with Gasteiger partial charge in [-0.05, 0) is 48.9 Å². The number of carbonyl (C=O) groups is 1. The van der Waals surface area contributed by atoms with Crippen LogP contribution in [0.1, 0.15) is 30.6 Å². The Labute approximate surface area is 210 Å². The molecule has 0 spiro atoms. The van der Waals surface area contributed by atoms with E-state index in [4.69, 9.17) is 0 Å². The molecule has 13 heteroatoms. The Morgan fingerprint density at radius 3 is 2.41 bits per heavy atom. The van der Waals surface area contributed by atoms with Gasteiger partial charge in [-0.15, -0.1) is 0 Å². The van der Waals surface area contributed by atoms with Gasteiger partial charge in [-0.3, -0.25) is 9.78 Å². The molecular formula is C24H23F4N5O3S. The first-order valence-corrected chi connectivity index (χ1v) is 12.7. The number of nitrogens with zero attached hydrogens (tertiary/aromatic N) is 4. The predicted octanol–water partition coefficient (Wildman–Crippen LogP) is 3.52. The summed E-state index contributed by atoms with van der Waals surface area (Å²) < 4.78 is 81.1. The summed E-state index contributed by atoms with van der Waals surface area (Å²) in [5.41, 5.74) is 2.00. The monoisotopic (exact) mass is 537 g/mol. The summed E-state index contributed by atoms with van der Waals surface area (Å²) in [4.78, 5) is 24.4. The van der Waals surface area contributed by atoms with Crippen molar-refractivity contribution < 1.29 is 30.8 Å². The summed E-state index contributed by atoms with van der Waals surface area (Å²) in [6, 6.07) is 6.05. The zero-order valence-corrected chi connectivity index (χ0v) is 20.6. The zero-order valence-electron chi connectivity index (χ0n) is 19.8. The third-order valence-corrected chi connectivity index (χ3v) is 7.64. The van der Waals surface area contributed by atoms with Crippen LogP contribution in [0.2, 0.25) is 0 Å². The zero-order chi connectivity index (χ0) is 27.0. The topological polar surface area (TPSA) is 105 Å². The molecule has 1 aliphatic rings. The van der Waals surface area contributed by atoms with E-state index in [1.165, 1.54) is 12.4 Å². The predicted molar refractivity (Wildman–Crippen MR) is 125 cm³/mol. The molecule has 196 valence electrons. The first-order valence-electron chi connectivity index (χ1n) is 11.2. The average Bonchev–Trinajstić information content (AvgIpc) is 3.25. The van der Waals surface area contributed by atoms with Crippen LogP contribution in [0.15, 0.2) is 53.7 Å². The van der Waals surface area contributed by atoms with Gasteiger partial charge in [0.15, 0.2) is 5.82 Å². The minimum Gasteiger partial charge on any atom is -0.349 e. The number of alkyl halides is 3. The second kappa shape index (κ2) is 10.1. The fraction of sp³-hybridized carbons (Fsp3) is 0.333. The molecule has 0 radical (unpaired) electrons. The number of amides is 1. The van der Waals surface area contributed by atoms with Gasteiger partial charge in [0.05, 0.1) is 17.1 Å². The molecule has 0 unspecified atom stereocenters. The molecule has 1 aliphatic heterocycles. The molecule has 1 aromatic carbocycles. The lowest BCUT2D eigenvalue weighted by Crippen LogP contribution is -2.45. The highest BCUT2D eigenvalue weighted by atomic mass is 32.2. The Balaban J connectivity index is 1.50. The third-order valence-electron chi connectivity index (χ3n) is 5.76. The molecular weight excluding hydrogens is 514 g/mol. The molecule has 1 N–H and O–H groups in total. The van der Waals surface area contributed by atoms with E-state index in [0.717, 1.165) is 28.6 Å². The lowest BCUT2D eigenvalue weighted by molar-refractivity contribution is -0.124. The highest BCUT2D eigenvalue weighted by Crippen LogP contribution is 2.29. The van der Waals surface area contributed by atoms with Crippen molar-refractivity contribution in [3.05, 3.63) is 71.8 Å². The molecule has 2 atom stereocenters. The molecule has 1 amide bonds. The molecule has 37 heavy (non-hydrogen) atoms.